The van der Waals surface area contributed by atoms with E-state index in [1.54, 1.807) is 11.3 Å². The normalized spacial score (nSPS) is 26.3. The van der Waals surface area contributed by atoms with E-state index in [0.29, 0.717) is 24.7 Å². The van der Waals surface area contributed by atoms with E-state index in [9.17, 15) is 0 Å². The van der Waals surface area contributed by atoms with Crippen LogP contribution in [0.25, 0.3) is 10.7 Å². The maximum absolute atomic E-state index is 6.54. The topological polar surface area (TPSA) is 74.2 Å². The van der Waals surface area contributed by atoms with Crippen LogP contribution in [-0.2, 0) is 10.3 Å². The van der Waals surface area contributed by atoms with Crippen molar-refractivity contribution in [1.29, 1.82) is 0 Å². The summed E-state index contributed by atoms with van der Waals surface area (Å²) in [6, 6.07) is 1.97. The molecule has 0 spiro atoms. The van der Waals surface area contributed by atoms with Crippen molar-refractivity contribution in [1.82, 2.24) is 10.1 Å². The van der Waals surface area contributed by atoms with Crippen molar-refractivity contribution in [2.24, 2.45) is 11.1 Å². The van der Waals surface area contributed by atoms with Gasteiger partial charge in [0.2, 0.25) is 11.7 Å². The maximum atomic E-state index is 6.54. The molecule has 2 aromatic heterocycles. The van der Waals surface area contributed by atoms with Crippen molar-refractivity contribution < 1.29 is 9.26 Å². The summed E-state index contributed by atoms with van der Waals surface area (Å²) in [6.07, 6.45) is 0.822. The van der Waals surface area contributed by atoms with Crippen molar-refractivity contribution >= 4 is 39.7 Å². The Morgan fingerprint density at radius 1 is 1.55 bits per heavy atom. The first-order valence-corrected chi connectivity index (χ1v) is 8.55. The largest absolute Gasteiger partial charge is 0.378 e. The first kappa shape index (κ1) is 17.9. The van der Waals surface area contributed by atoms with Gasteiger partial charge in [-0.25, -0.2) is 0 Å². The van der Waals surface area contributed by atoms with Gasteiger partial charge >= 0.3 is 0 Å². The summed E-state index contributed by atoms with van der Waals surface area (Å²) in [7, 11) is 0. The lowest BCUT2D eigenvalue weighted by Gasteiger charge is -2.56. The highest BCUT2D eigenvalue weighted by Crippen LogP contribution is 2.55. The summed E-state index contributed by atoms with van der Waals surface area (Å²) in [5, 5.41) is 6.06. The zero-order chi connectivity index (χ0) is 15.3. The fourth-order valence-corrected chi connectivity index (χ4v) is 4.08. The average molecular weight is 409 g/mol. The van der Waals surface area contributed by atoms with Gasteiger partial charge in [-0.3, -0.25) is 0 Å². The standard InChI is InChI=1S/C14H18BrN3O2S.ClH/c1-4-19-10-6-14(16,13(10,2)3)12-17-11(18-20-12)9-5-8(15)7-21-9;/h5,7,10H,4,6,16H2,1-3H3;1H. The average Bonchev–Trinajstić information content (AvgIpc) is 3.06. The minimum atomic E-state index is -0.632. The molecule has 0 aromatic carbocycles. The number of aromatic nitrogens is 2. The van der Waals surface area contributed by atoms with Crippen molar-refractivity contribution in [2.75, 3.05) is 6.61 Å². The maximum Gasteiger partial charge on any atom is 0.247 e. The molecule has 0 saturated heterocycles. The Hall–Kier alpha value is -0.470. The van der Waals surface area contributed by atoms with Crippen LogP contribution >= 0.6 is 39.7 Å². The van der Waals surface area contributed by atoms with E-state index >= 15 is 0 Å². The summed E-state index contributed by atoms with van der Waals surface area (Å²) in [4.78, 5) is 5.47. The SMILES string of the molecule is CCOC1CC(N)(c2nc(-c3cc(Br)cs3)no2)C1(C)C.Cl. The number of halogens is 2. The molecule has 22 heavy (non-hydrogen) atoms. The summed E-state index contributed by atoms with van der Waals surface area (Å²) in [5.41, 5.74) is 5.67. The zero-order valence-electron chi connectivity index (χ0n) is 12.6. The van der Waals surface area contributed by atoms with Gasteiger partial charge in [0.15, 0.2) is 0 Å². The second-order valence-corrected chi connectivity index (χ2v) is 7.72. The predicted molar refractivity (Wildman–Crippen MR) is 92.2 cm³/mol. The molecule has 1 saturated carbocycles. The van der Waals surface area contributed by atoms with E-state index in [1.807, 2.05) is 18.4 Å². The van der Waals surface area contributed by atoms with E-state index in [0.717, 1.165) is 9.35 Å². The highest BCUT2D eigenvalue weighted by Gasteiger charge is 2.62. The van der Waals surface area contributed by atoms with E-state index in [2.05, 4.69) is 39.9 Å². The van der Waals surface area contributed by atoms with E-state index in [4.69, 9.17) is 15.0 Å². The summed E-state index contributed by atoms with van der Waals surface area (Å²) in [6.45, 7) is 6.85. The minimum Gasteiger partial charge on any atom is -0.378 e. The number of hydrogen-bond acceptors (Lipinski definition) is 6. The molecule has 0 bridgehead atoms. The van der Waals surface area contributed by atoms with Crippen molar-refractivity contribution in [2.45, 2.75) is 38.8 Å². The third-order valence-corrected chi connectivity index (χ3v) is 6.11. The molecule has 2 N–H and O–H groups in total. The first-order valence-electron chi connectivity index (χ1n) is 6.87. The summed E-state index contributed by atoms with van der Waals surface area (Å²) in [5.74, 6) is 1.07. The number of ether oxygens (including phenoxy) is 1. The van der Waals surface area contributed by atoms with Crippen molar-refractivity contribution in [3.63, 3.8) is 0 Å². The Labute approximate surface area is 148 Å². The van der Waals surface area contributed by atoms with Crippen LogP contribution in [0.3, 0.4) is 0 Å². The molecule has 3 rings (SSSR count). The van der Waals surface area contributed by atoms with Crippen molar-refractivity contribution in [3.05, 3.63) is 21.8 Å². The van der Waals surface area contributed by atoms with Crippen LogP contribution in [0.4, 0.5) is 0 Å². The van der Waals surface area contributed by atoms with Crippen LogP contribution in [0.5, 0.6) is 0 Å². The molecule has 5 nitrogen and oxygen atoms in total. The Bertz CT molecular complexity index is 660. The van der Waals surface area contributed by atoms with Crippen LogP contribution < -0.4 is 5.73 Å². The number of hydrogen-bond donors (Lipinski definition) is 1. The highest BCUT2D eigenvalue weighted by molar-refractivity contribution is 9.10. The van der Waals surface area contributed by atoms with Gasteiger partial charge in [0.25, 0.3) is 0 Å². The monoisotopic (exact) mass is 407 g/mol. The van der Waals surface area contributed by atoms with Crippen molar-refractivity contribution in [3.8, 4) is 10.7 Å². The summed E-state index contributed by atoms with van der Waals surface area (Å²) < 4.78 is 12.2. The van der Waals surface area contributed by atoms with Gasteiger partial charge in [-0.05, 0) is 28.9 Å². The van der Waals surface area contributed by atoms with Crippen LogP contribution in [-0.4, -0.2) is 22.9 Å². The fourth-order valence-electron chi connectivity index (χ4n) is 2.73. The molecule has 1 aliphatic rings. The minimum absolute atomic E-state index is 0. The molecule has 0 radical (unpaired) electrons. The fraction of sp³-hybridized carbons (Fsp3) is 0.571. The molecule has 2 aromatic rings. The summed E-state index contributed by atoms with van der Waals surface area (Å²) >= 11 is 4.99. The Balaban J connectivity index is 0.00000176. The lowest BCUT2D eigenvalue weighted by molar-refractivity contribution is -0.162. The predicted octanol–water partition coefficient (Wildman–Crippen LogP) is 3.97. The molecular weight excluding hydrogens is 390 g/mol. The van der Waals surface area contributed by atoms with Gasteiger partial charge in [-0.1, -0.05) is 19.0 Å². The van der Waals surface area contributed by atoms with E-state index < -0.39 is 5.54 Å². The van der Waals surface area contributed by atoms with Crippen LogP contribution in [0.15, 0.2) is 20.4 Å². The van der Waals surface area contributed by atoms with Gasteiger partial charge in [-0.15, -0.1) is 23.7 Å². The van der Waals surface area contributed by atoms with Crippen LogP contribution in [0.1, 0.15) is 33.1 Å². The molecule has 2 heterocycles. The van der Waals surface area contributed by atoms with Gasteiger partial charge in [0.1, 0.15) is 5.54 Å². The molecule has 1 aliphatic carbocycles. The molecule has 0 aliphatic heterocycles. The van der Waals surface area contributed by atoms with Gasteiger partial charge < -0.3 is 15.0 Å². The number of thiophene rings is 1. The number of rotatable bonds is 4. The molecule has 122 valence electrons. The van der Waals surface area contributed by atoms with Crippen LogP contribution in [0, 0.1) is 5.41 Å². The quantitative estimate of drug-likeness (QED) is 0.828. The lowest BCUT2D eigenvalue weighted by atomic mass is 9.54. The number of nitrogens with two attached hydrogens (primary N) is 1. The number of nitrogens with zero attached hydrogens (tertiary/aromatic N) is 2. The third-order valence-electron chi connectivity index (χ3n) is 4.43. The third kappa shape index (κ3) is 2.63. The second kappa shape index (κ2) is 6.20. The molecule has 2 unspecified atom stereocenters. The van der Waals surface area contributed by atoms with Gasteiger partial charge in [0.05, 0.1) is 11.0 Å². The smallest absolute Gasteiger partial charge is 0.247 e. The molecule has 8 heteroatoms. The second-order valence-electron chi connectivity index (χ2n) is 5.89. The van der Waals surface area contributed by atoms with E-state index in [1.165, 1.54) is 0 Å². The highest BCUT2D eigenvalue weighted by atomic mass is 79.9. The molecule has 0 amide bonds. The molecular formula is C14H19BrClN3O2S. The zero-order valence-corrected chi connectivity index (χ0v) is 15.8. The Morgan fingerprint density at radius 2 is 2.27 bits per heavy atom. The first-order chi connectivity index (χ1) is 9.88. The van der Waals surface area contributed by atoms with Gasteiger partial charge in [0, 0.05) is 28.3 Å². The Morgan fingerprint density at radius 3 is 2.82 bits per heavy atom. The molecule has 1 fully saturated rings. The van der Waals surface area contributed by atoms with Crippen LogP contribution in [0.2, 0.25) is 0 Å². The van der Waals surface area contributed by atoms with E-state index in [-0.39, 0.29) is 23.9 Å². The lowest BCUT2D eigenvalue weighted by Crippen LogP contribution is -2.67. The van der Waals surface area contributed by atoms with Gasteiger partial charge in [-0.2, -0.15) is 4.98 Å². The molecule has 2 atom stereocenters. The Kier molecular flexibility index (Phi) is 5.04.